The van der Waals surface area contributed by atoms with Crippen LogP contribution in [-0.4, -0.2) is 30.9 Å². The Labute approximate surface area is 102 Å². The highest BCUT2D eigenvalue weighted by atomic mass is 16.2. The first-order valence-electron chi connectivity index (χ1n) is 6.33. The normalized spacial score (nSPS) is 20.9. The molecule has 2 aliphatic rings. The van der Waals surface area contributed by atoms with Gasteiger partial charge >= 0.3 is 0 Å². The Balaban J connectivity index is 1.95. The quantitative estimate of drug-likeness (QED) is 0.735. The minimum Gasteiger partial charge on any atom is -0.311 e. The Bertz CT molecular complexity index is 440. The summed E-state index contributed by atoms with van der Waals surface area (Å²) < 4.78 is 0. The molecule has 0 bridgehead atoms. The molecule has 1 fully saturated rings. The third-order valence-electron chi connectivity index (χ3n) is 3.62. The van der Waals surface area contributed by atoms with Crippen LogP contribution in [0.5, 0.6) is 0 Å². The first-order chi connectivity index (χ1) is 8.25. The summed E-state index contributed by atoms with van der Waals surface area (Å²) in [4.78, 5) is 16.6. The second kappa shape index (κ2) is 4.15. The fourth-order valence-corrected chi connectivity index (χ4v) is 2.45. The van der Waals surface area contributed by atoms with Crippen molar-refractivity contribution in [3.05, 3.63) is 29.8 Å². The van der Waals surface area contributed by atoms with Crippen LogP contribution >= 0.6 is 0 Å². The van der Waals surface area contributed by atoms with Gasteiger partial charge in [-0.1, -0.05) is 18.2 Å². The monoisotopic (exact) mass is 230 g/mol. The molecular weight excluding hydrogens is 212 g/mol. The molecule has 1 aliphatic carbocycles. The topological polar surface area (TPSA) is 23.6 Å². The zero-order valence-corrected chi connectivity index (χ0v) is 10.2. The molecule has 3 rings (SSSR count). The van der Waals surface area contributed by atoms with Gasteiger partial charge in [0.2, 0.25) is 5.91 Å². The van der Waals surface area contributed by atoms with Crippen LogP contribution in [0.3, 0.4) is 0 Å². The van der Waals surface area contributed by atoms with Gasteiger partial charge in [0.15, 0.2) is 0 Å². The van der Waals surface area contributed by atoms with E-state index in [1.54, 1.807) is 0 Å². The van der Waals surface area contributed by atoms with Gasteiger partial charge in [-0.15, -0.1) is 0 Å². The molecule has 0 saturated heterocycles. The summed E-state index contributed by atoms with van der Waals surface area (Å²) >= 11 is 0. The number of amides is 1. The van der Waals surface area contributed by atoms with E-state index in [9.17, 15) is 4.79 Å². The summed E-state index contributed by atoms with van der Waals surface area (Å²) in [5.41, 5.74) is 2.38. The molecule has 17 heavy (non-hydrogen) atoms. The Morgan fingerprint density at radius 1 is 1.24 bits per heavy atom. The first-order valence-corrected chi connectivity index (χ1v) is 6.33. The second-order valence-electron chi connectivity index (χ2n) is 5.13. The van der Waals surface area contributed by atoms with Gasteiger partial charge in [-0.3, -0.25) is 4.79 Å². The Morgan fingerprint density at radius 2 is 2.00 bits per heavy atom. The highest BCUT2D eigenvalue weighted by Gasteiger charge is 2.35. The third-order valence-corrected chi connectivity index (χ3v) is 3.62. The van der Waals surface area contributed by atoms with Gasteiger partial charge in [-0.2, -0.15) is 0 Å². The first kappa shape index (κ1) is 10.8. The summed E-state index contributed by atoms with van der Waals surface area (Å²) in [6, 6.07) is 8.29. The van der Waals surface area contributed by atoms with E-state index in [0.717, 1.165) is 38.2 Å². The Kier molecular flexibility index (Phi) is 2.63. The van der Waals surface area contributed by atoms with E-state index in [2.05, 4.69) is 30.1 Å². The van der Waals surface area contributed by atoms with Gasteiger partial charge in [0.05, 0.1) is 0 Å². The van der Waals surface area contributed by atoms with Crippen molar-refractivity contribution in [2.24, 2.45) is 5.92 Å². The van der Waals surface area contributed by atoms with Crippen LogP contribution in [0, 0.1) is 5.92 Å². The molecule has 0 spiro atoms. The second-order valence-corrected chi connectivity index (χ2v) is 5.13. The maximum Gasteiger partial charge on any atom is 0.230 e. The molecule has 1 aromatic rings. The van der Waals surface area contributed by atoms with Crippen LogP contribution in [0.15, 0.2) is 24.3 Å². The standard InChI is InChI=1S/C14H18N2O/c1-15-8-9-16(14(17)11-6-7-11)13-5-3-2-4-12(13)10-15/h2-5,11H,6-10H2,1H3. The number of fused-ring (bicyclic) bond motifs is 1. The number of anilines is 1. The predicted molar refractivity (Wildman–Crippen MR) is 67.9 cm³/mol. The minimum atomic E-state index is 0.298. The van der Waals surface area contributed by atoms with Gasteiger partial charge in [0.25, 0.3) is 0 Å². The van der Waals surface area contributed by atoms with E-state index >= 15 is 0 Å². The number of para-hydroxylation sites is 1. The van der Waals surface area contributed by atoms with E-state index in [-0.39, 0.29) is 0 Å². The summed E-state index contributed by atoms with van der Waals surface area (Å²) in [6.07, 6.45) is 2.15. The molecule has 0 aromatic heterocycles. The molecule has 0 unspecified atom stereocenters. The summed E-state index contributed by atoms with van der Waals surface area (Å²) in [7, 11) is 2.11. The van der Waals surface area contributed by atoms with Gasteiger partial charge < -0.3 is 9.80 Å². The van der Waals surface area contributed by atoms with Crippen molar-refractivity contribution in [1.82, 2.24) is 4.90 Å². The van der Waals surface area contributed by atoms with Crippen LogP contribution in [0.25, 0.3) is 0 Å². The lowest BCUT2D eigenvalue weighted by atomic mass is 10.1. The summed E-state index contributed by atoms with van der Waals surface area (Å²) in [6.45, 7) is 2.71. The molecule has 90 valence electrons. The molecule has 3 nitrogen and oxygen atoms in total. The van der Waals surface area contributed by atoms with Gasteiger partial charge in [0.1, 0.15) is 0 Å². The van der Waals surface area contributed by atoms with Gasteiger partial charge in [-0.25, -0.2) is 0 Å². The van der Waals surface area contributed by atoms with Crippen molar-refractivity contribution in [3.8, 4) is 0 Å². The van der Waals surface area contributed by atoms with Crippen molar-refractivity contribution in [3.63, 3.8) is 0 Å². The predicted octanol–water partition coefficient (Wildman–Crippen LogP) is 1.88. The Morgan fingerprint density at radius 3 is 2.76 bits per heavy atom. The number of carbonyl (C=O) groups is 1. The highest BCUT2D eigenvalue weighted by Crippen LogP contribution is 2.34. The average molecular weight is 230 g/mol. The smallest absolute Gasteiger partial charge is 0.230 e. The van der Waals surface area contributed by atoms with Crippen molar-refractivity contribution >= 4 is 11.6 Å². The molecule has 1 saturated carbocycles. The lowest BCUT2D eigenvalue weighted by Gasteiger charge is -2.22. The van der Waals surface area contributed by atoms with Crippen LogP contribution in [0.4, 0.5) is 5.69 Å². The van der Waals surface area contributed by atoms with E-state index in [4.69, 9.17) is 0 Å². The van der Waals surface area contributed by atoms with E-state index in [1.807, 2.05) is 11.0 Å². The summed E-state index contributed by atoms with van der Waals surface area (Å²) in [5, 5.41) is 0. The maximum absolute atomic E-state index is 12.3. The summed E-state index contributed by atoms with van der Waals surface area (Å²) in [5.74, 6) is 0.624. The fraction of sp³-hybridized carbons (Fsp3) is 0.500. The van der Waals surface area contributed by atoms with Gasteiger partial charge in [0, 0.05) is 31.2 Å². The average Bonchev–Trinajstić information content (AvgIpc) is 3.14. The van der Waals surface area contributed by atoms with Crippen LogP contribution in [0.1, 0.15) is 18.4 Å². The number of hydrogen-bond donors (Lipinski definition) is 0. The number of benzene rings is 1. The molecule has 0 atom stereocenters. The number of hydrogen-bond acceptors (Lipinski definition) is 2. The molecule has 1 aliphatic heterocycles. The van der Waals surface area contributed by atoms with E-state index in [1.165, 1.54) is 5.56 Å². The largest absolute Gasteiger partial charge is 0.311 e. The molecular formula is C14H18N2O. The molecule has 1 aromatic carbocycles. The van der Waals surface area contributed by atoms with Crippen LogP contribution in [0.2, 0.25) is 0 Å². The zero-order chi connectivity index (χ0) is 11.8. The van der Waals surface area contributed by atoms with Crippen molar-refractivity contribution < 1.29 is 4.79 Å². The number of likely N-dealkylation sites (N-methyl/N-ethyl adjacent to an activating group) is 1. The third kappa shape index (κ3) is 2.07. The van der Waals surface area contributed by atoms with Crippen LogP contribution < -0.4 is 4.90 Å². The number of rotatable bonds is 1. The lowest BCUT2D eigenvalue weighted by molar-refractivity contribution is -0.119. The molecule has 1 heterocycles. The van der Waals surface area contributed by atoms with Crippen molar-refractivity contribution in [1.29, 1.82) is 0 Å². The molecule has 0 radical (unpaired) electrons. The fourth-order valence-electron chi connectivity index (χ4n) is 2.45. The highest BCUT2D eigenvalue weighted by molar-refractivity contribution is 5.97. The van der Waals surface area contributed by atoms with Crippen LogP contribution in [-0.2, 0) is 11.3 Å². The number of nitrogens with zero attached hydrogens (tertiary/aromatic N) is 2. The molecule has 0 N–H and O–H groups in total. The minimum absolute atomic E-state index is 0.298. The molecule has 1 amide bonds. The van der Waals surface area contributed by atoms with E-state index < -0.39 is 0 Å². The maximum atomic E-state index is 12.3. The number of carbonyl (C=O) groups excluding carboxylic acids is 1. The lowest BCUT2D eigenvalue weighted by Crippen LogP contribution is -2.36. The van der Waals surface area contributed by atoms with Gasteiger partial charge in [-0.05, 0) is 31.5 Å². The van der Waals surface area contributed by atoms with E-state index in [0.29, 0.717) is 11.8 Å². The molecule has 3 heteroatoms. The van der Waals surface area contributed by atoms with Crippen molar-refractivity contribution in [2.45, 2.75) is 19.4 Å². The Hall–Kier alpha value is -1.35. The van der Waals surface area contributed by atoms with Crippen molar-refractivity contribution in [2.75, 3.05) is 25.0 Å². The zero-order valence-electron chi connectivity index (χ0n) is 10.2. The SMILES string of the molecule is CN1CCN(C(=O)C2CC2)c2ccccc2C1.